The lowest BCUT2D eigenvalue weighted by Crippen LogP contribution is -2.33. The summed E-state index contributed by atoms with van der Waals surface area (Å²) >= 11 is 5.80. The van der Waals surface area contributed by atoms with Gasteiger partial charge in [-0.05, 0) is 50.0 Å². The molecule has 1 unspecified atom stereocenters. The first-order chi connectivity index (χ1) is 7.77. The third-order valence-electron chi connectivity index (χ3n) is 3.07. The van der Waals surface area contributed by atoms with Crippen molar-refractivity contribution in [1.29, 1.82) is 0 Å². The molecule has 1 atom stereocenters. The van der Waals surface area contributed by atoms with E-state index >= 15 is 0 Å². The van der Waals surface area contributed by atoms with Crippen LogP contribution in [0.3, 0.4) is 0 Å². The first-order valence-corrected chi connectivity index (χ1v) is 6.07. The van der Waals surface area contributed by atoms with E-state index in [1.807, 2.05) is 6.07 Å². The van der Waals surface area contributed by atoms with Crippen molar-refractivity contribution in [2.75, 3.05) is 25.0 Å². The normalized spacial score (nSPS) is 21.5. The lowest BCUT2D eigenvalue weighted by atomic mass is 10.1. The molecule has 1 aliphatic heterocycles. The molecule has 0 spiro atoms. The van der Waals surface area contributed by atoms with E-state index in [0.717, 1.165) is 25.3 Å². The van der Waals surface area contributed by atoms with Crippen molar-refractivity contribution < 1.29 is 0 Å². The molecule has 1 fully saturated rings. The number of rotatable bonds is 2. The fourth-order valence-corrected chi connectivity index (χ4v) is 2.24. The van der Waals surface area contributed by atoms with E-state index in [1.165, 1.54) is 12.8 Å². The third kappa shape index (κ3) is 2.83. The van der Waals surface area contributed by atoms with Crippen LogP contribution in [0.1, 0.15) is 19.3 Å². The van der Waals surface area contributed by atoms with Crippen LogP contribution in [-0.2, 0) is 0 Å². The summed E-state index contributed by atoms with van der Waals surface area (Å²) in [7, 11) is 2.08. The lowest BCUT2D eigenvalue weighted by molar-refractivity contribution is 0.562. The summed E-state index contributed by atoms with van der Waals surface area (Å²) in [6.07, 6.45) is 5.27. The molecule has 4 nitrogen and oxygen atoms in total. The molecule has 1 N–H and O–H groups in total. The summed E-state index contributed by atoms with van der Waals surface area (Å²) in [4.78, 5) is 10.3. The zero-order valence-corrected chi connectivity index (χ0v) is 10.2. The molecule has 88 valence electrons. The molecular weight excluding hydrogens is 224 g/mol. The molecule has 0 saturated carbocycles. The smallest absolute Gasteiger partial charge is 0.224 e. The van der Waals surface area contributed by atoms with Crippen LogP contribution < -0.4 is 10.2 Å². The fourth-order valence-electron chi connectivity index (χ4n) is 2.10. The fraction of sp³-hybridized carbons (Fsp3) is 0.636. The van der Waals surface area contributed by atoms with Gasteiger partial charge in [0.2, 0.25) is 5.28 Å². The van der Waals surface area contributed by atoms with E-state index in [2.05, 4.69) is 27.2 Å². The Bertz CT molecular complexity index is 337. The highest BCUT2D eigenvalue weighted by Crippen LogP contribution is 2.19. The average Bonchev–Trinajstić information content (AvgIpc) is 2.56. The van der Waals surface area contributed by atoms with E-state index < -0.39 is 0 Å². The van der Waals surface area contributed by atoms with Gasteiger partial charge in [0.15, 0.2) is 0 Å². The Morgan fingerprint density at radius 1 is 1.44 bits per heavy atom. The van der Waals surface area contributed by atoms with E-state index in [-0.39, 0.29) is 0 Å². The summed E-state index contributed by atoms with van der Waals surface area (Å²) in [5.74, 6) is 0.909. The minimum Gasteiger partial charge on any atom is -0.357 e. The van der Waals surface area contributed by atoms with Crippen molar-refractivity contribution in [3.63, 3.8) is 0 Å². The van der Waals surface area contributed by atoms with E-state index in [0.29, 0.717) is 11.3 Å². The summed E-state index contributed by atoms with van der Waals surface area (Å²) in [5, 5.41) is 3.73. The van der Waals surface area contributed by atoms with Crippen LogP contribution in [-0.4, -0.2) is 36.1 Å². The zero-order chi connectivity index (χ0) is 11.4. The predicted octanol–water partition coefficient (Wildman–Crippen LogP) is 1.71. The van der Waals surface area contributed by atoms with Gasteiger partial charge in [0, 0.05) is 19.3 Å². The SMILES string of the molecule is CN(c1ccnc(Cl)n1)C1CCCNCC1. The van der Waals surface area contributed by atoms with E-state index in [9.17, 15) is 0 Å². The second-order valence-corrected chi connectivity index (χ2v) is 4.47. The summed E-state index contributed by atoms with van der Waals surface area (Å²) < 4.78 is 0. The molecule has 16 heavy (non-hydrogen) atoms. The van der Waals surface area contributed by atoms with Crippen LogP contribution in [0.2, 0.25) is 5.28 Å². The Balaban J connectivity index is 2.07. The van der Waals surface area contributed by atoms with Gasteiger partial charge in [-0.1, -0.05) is 0 Å². The number of halogens is 1. The van der Waals surface area contributed by atoms with E-state index in [4.69, 9.17) is 11.6 Å². The molecule has 0 aliphatic carbocycles. The average molecular weight is 241 g/mol. The van der Waals surface area contributed by atoms with Gasteiger partial charge < -0.3 is 10.2 Å². The van der Waals surface area contributed by atoms with Crippen LogP contribution in [0.15, 0.2) is 12.3 Å². The minimum atomic E-state index is 0.316. The van der Waals surface area contributed by atoms with Gasteiger partial charge in [0.25, 0.3) is 0 Å². The number of hydrogen-bond acceptors (Lipinski definition) is 4. The summed E-state index contributed by atoms with van der Waals surface area (Å²) in [6, 6.07) is 2.45. The minimum absolute atomic E-state index is 0.316. The topological polar surface area (TPSA) is 41.1 Å². The van der Waals surface area contributed by atoms with Crippen LogP contribution in [0, 0.1) is 0 Å². The van der Waals surface area contributed by atoms with Crippen molar-refractivity contribution in [3.05, 3.63) is 17.5 Å². The quantitative estimate of drug-likeness (QED) is 0.800. The highest BCUT2D eigenvalue weighted by atomic mass is 35.5. The van der Waals surface area contributed by atoms with Gasteiger partial charge in [0.05, 0.1) is 0 Å². The first-order valence-electron chi connectivity index (χ1n) is 5.69. The molecule has 0 radical (unpaired) electrons. The Hall–Kier alpha value is -0.870. The molecule has 1 aliphatic rings. The third-order valence-corrected chi connectivity index (χ3v) is 3.25. The Kier molecular flexibility index (Phi) is 3.96. The molecule has 0 aromatic carbocycles. The molecule has 0 bridgehead atoms. The maximum Gasteiger partial charge on any atom is 0.224 e. The maximum atomic E-state index is 5.80. The van der Waals surface area contributed by atoms with E-state index in [1.54, 1.807) is 6.20 Å². The molecule has 1 saturated heterocycles. The van der Waals surface area contributed by atoms with Crippen molar-refractivity contribution in [2.45, 2.75) is 25.3 Å². The van der Waals surface area contributed by atoms with Gasteiger partial charge in [-0.25, -0.2) is 9.97 Å². The monoisotopic (exact) mass is 240 g/mol. The number of nitrogens with one attached hydrogen (secondary N) is 1. The van der Waals surface area contributed by atoms with Gasteiger partial charge in [0.1, 0.15) is 5.82 Å². The second kappa shape index (κ2) is 5.46. The number of aromatic nitrogens is 2. The molecule has 2 heterocycles. The largest absolute Gasteiger partial charge is 0.357 e. The second-order valence-electron chi connectivity index (χ2n) is 4.13. The van der Waals surface area contributed by atoms with Gasteiger partial charge in [-0.3, -0.25) is 0 Å². The standard InChI is InChI=1S/C11H17ClN4/c1-16(9-3-2-6-13-7-4-9)10-5-8-14-11(12)15-10/h5,8-9,13H,2-4,6-7H2,1H3. The number of anilines is 1. The van der Waals surface area contributed by atoms with Gasteiger partial charge >= 0.3 is 0 Å². The first kappa shape index (κ1) is 11.6. The van der Waals surface area contributed by atoms with Crippen LogP contribution in [0.25, 0.3) is 0 Å². The van der Waals surface area contributed by atoms with Crippen molar-refractivity contribution in [2.24, 2.45) is 0 Å². The lowest BCUT2D eigenvalue weighted by Gasteiger charge is -2.27. The van der Waals surface area contributed by atoms with Crippen LogP contribution >= 0.6 is 11.6 Å². The maximum absolute atomic E-state index is 5.80. The van der Waals surface area contributed by atoms with Crippen LogP contribution in [0.4, 0.5) is 5.82 Å². The molecule has 2 rings (SSSR count). The molecular formula is C11H17ClN4. The Morgan fingerprint density at radius 3 is 3.12 bits per heavy atom. The number of hydrogen-bond donors (Lipinski definition) is 1. The van der Waals surface area contributed by atoms with Gasteiger partial charge in [-0.2, -0.15) is 0 Å². The zero-order valence-electron chi connectivity index (χ0n) is 9.49. The van der Waals surface area contributed by atoms with Crippen molar-refractivity contribution >= 4 is 17.4 Å². The molecule has 1 aromatic rings. The van der Waals surface area contributed by atoms with Gasteiger partial charge in [-0.15, -0.1) is 0 Å². The predicted molar refractivity (Wildman–Crippen MR) is 66.0 cm³/mol. The highest BCUT2D eigenvalue weighted by Gasteiger charge is 2.17. The Morgan fingerprint density at radius 2 is 2.31 bits per heavy atom. The van der Waals surface area contributed by atoms with Crippen LogP contribution in [0.5, 0.6) is 0 Å². The number of nitrogens with zero attached hydrogens (tertiary/aromatic N) is 3. The summed E-state index contributed by atoms with van der Waals surface area (Å²) in [6.45, 7) is 2.20. The van der Waals surface area contributed by atoms with Crippen molar-refractivity contribution in [3.8, 4) is 0 Å². The summed E-state index contributed by atoms with van der Waals surface area (Å²) in [5.41, 5.74) is 0. The molecule has 1 aromatic heterocycles. The highest BCUT2D eigenvalue weighted by molar-refractivity contribution is 6.28. The van der Waals surface area contributed by atoms with Crippen molar-refractivity contribution in [1.82, 2.24) is 15.3 Å². The Labute approximate surface area is 101 Å². The molecule has 5 heteroatoms. The molecule has 0 amide bonds.